The number of aromatic nitrogens is 1. The van der Waals surface area contributed by atoms with Crippen LogP contribution < -0.4 is 4.74 Å². The monoisotopic (exact) mass is 490 g/mol. The van der Waals surface area contributed by atoms with Gasteiger partial charge in [0.05, 0.1) is 11.6 Å². The van der Waals surface area contributed by atoms with E-state index in [9.17, 15) is 14.7 Å². The van der Waals surface area contributed by atoms with E-state index in [0.29, 0.717) is 22.6 Å². The van der Waals surface area contributed by atoms with E-state index in [1.807, 2.05) is 67.6 Å². The molecule has 2 heterocycles. The molecule has 0 spiro atoms. The number of nitrogens with zero attached hydrogens (tertiary/aromatic N) is 2. The molecule has 1 aliphatic heterocycles. The van der Waals surface area contributed by atoms with Crippen LogP contribution in [0.25, 0.3) is 5.76 Å². The Bertz CT molecular complexity index is 1450. The van der Waals surface area contributed by atoms with Crippen molar-refractivity contribution in [3.8, 4) is 11.5 Å². The highest BCUT2D eigenvalue weighted by Gasteiger charge is 2.46. The van der Waals surface area contributed by atoms with Gasteiger partial charge in [-0.05, 0) is 59.5 Å². The van der Waals surface area contributed by atoms with E-state index < -0.39 is 17.7 Å². The van der Waals surface area contributed by atoms with Crippen molar-refractivity contribution in [1.82, 2.24) is 9.88 Å². The zero-order chi connectivity index (χ0) is 25.8. The molecule has 0 bridgehead atoms. The molecule has 4 aromatic rings. The predicted molar refractivity (Wildman–Crippen MR) is 141 cm³/mol. The van der Waals surface area contributed by atoms with Gasteiger partial charge in [-0.25, -0.2) is 0 Å². The highest BCUT2D eigenvalue weighted by molar-refractivity contribution is 6.46. The zero-order valence-electron chi connectivity index (χ0n) is 20.4. The minimum Gasteiger partial charge on any atom is -0.507 e. The molecule has 0 aliphatic carbocycles. The number of Topliss-reactive ketones (excluding diaryl/α,β-unsaturated/α-hetero) is 1. The fraction of sp³-hybridized carbons (Fsp3) is 0.129. The van der Waals surface area contributed by atoms with E-state index in [1.54, 1.807) is 42.7 Å². The largest absolute Gasteiger partial charge is 0.507 e. The van der Waals surface area contributed by atoms with E-state index in [-0.39, 0.29) is 17.9 Å². The third-order valence-electron chi connectivity index (χ3n) is 6.43. The lowest BCUT2D eigenvalue weighted by atomic mass is 9.94. The summed E-state index contributed by atoms with van der Waals surface area (Å²) in [5.41, 5.74) is 3.14. The molecule has 1 atom stereocenters. The van der Waals surface area contributed by atoms with Gasteiger partial charge in [-0.3, -0.25) is 14.6 Å². The van der Waals surface area contributed by atoms with Gasteiger partial charge < -0.3 is 14.7 Å². The number of amides is 1. The number of pyridine rings is 1. The number of aliphatic hydroxyl groups excluding tert-OH is 1. The van der Waals surface area contributed by atoms with Gasteiger partial charge in [0, 0.05) is 24.5 Å². The number of aliphatic hydroxyl groups is 1. The number of para-hydroxylation sites is 1. The Morgan fingerprint density at radius 2 is 1.57 bits per heavy atom. The van der Waals surface area contributed by atoms with Crippen LogP contribution >= 0.6 is 0 Å². The summed E-state index contributed by atoms with van der Waals surface area (Å²) < 4.78 is 6.02. The molecule has 1 amide bonds. The van der Waals surface area contributed by atoms with Crippen LogP contribution in [-0.4, -0.2) is 26.7 Å². The van der Waals surface area contributed by atoms with Crippen molar-refractivity contribution in [2.75, 3.05) is 0 Å². The van der Waals surface area contributed by atoms with Crippen molar-refractivity contribution in [3.05, 3.63) is 131 Å². The van der Waals surface area contributed by atoms with Crippen molar-refractivity contribution >= 4 is 17.4 Å². The highest BCUT2D eigenvalue weighted by Crippen LogP contribution is 2.41. The number of likely N-dealkylation sites (tertiary alicyclic amines) is 1. The topological polar surface area (TPSA) is 79.7 Å². The average Bonchev–Trinajstić information content (AvgIpc) is 3.19. The minimum absolute atomic E-state index is 0.0557. The van der Waals surface area contributed by atoms with E-state index >= 15 is 0 Å². The first-order chi connectivity index (χ1) is 18.0. The second kappa shape index (κ2) is 10.5. The van der Waals surface area contributed by atoms with Crippen molar-refractivity contribution in [3.63, 3.8) is 0 Å². The molecular formula is C31H26N2O4. The Hall–Kier alpha value is -4.71. The standard InChI is InChI=1S/C31H26N2O4/c1-2-21-11-13-23(14-12-21)29(34)27-28(33(31(36)30(27)35)20-22-15-17-32-18-16-22)24-7-6-10-26(19-24)37-25-8-4-3-5-9-25/h3-19,28,34H,2,20H2,1H3/b29-27-. The third kappa shape index (κ3) is 5.00. The molecule has 5 rings (SSSR count). The van der Waals surface area contributed by atoms with Gasteiger partial charge in [-0.15, -0.1) is 0 Å². The molecule has 3 aromatic carbocycles. The van der Waals surface area contributed by atoms with Crippen LogP contribution in [0.1, 0.15) is 35.2 Å². The summed E-state index contributed by atoms with van der Waals surface area (Å²) in [6.07, 6.45) is 4.14. The van der Waals surface area contributed by atoms with Crippen LogP contribution in [-0.2, 0) is 22.6 Å². The maximum absolute atomic E-state index is 13.4. The number of rotatable bonds is 7. The van der Waals surface area contributed by atoms with Gasteiger partial charge in [-0.2, -0.15) is 0 Å². The molecule has 184 valence electrons. The number of ether oxygens (including phenoxy) is 1. The lowest BCUT2D eigenvalue weighted by Gasteiger charge is -2.25. The first-order valence-electron chi connectivity index (χ1n) is 12.1. The number of ketones is 1. The van der Waals surface area contributed by atoms with E-state index in [0.717, 1.165) is 17.5 Å². The quantitative estimate of drug-likeness (QED) is 0.194. The first kappa shape index (κ1) is 24.0. The van der Waals surface area contributed by atoms with Gasteiger partial charge in [0.25, 0.3) is 11.7 Å². The molecule has 1 fully saturated rings. The van der Waals surface area contributed by atoms with Crippen molar-refractivity contribution in [2.45, 2.75) is 25.9 Å². The van der Waals surface area contributed by atoms with Crippen LogP contribution in [0.5, 0.6) is 11.5 Å². The molecule has 0 radical (unpaired) electrons. The smallest absolute Gasteiger partial charge is 0.295 e. The normalized spacial score (nSPS) is 16.7. The first-order valence-corrected chi connectivity index (χ1v) is 12.1. The third-order valence-corrected chi connectivity index (χ3v) is 6.43. The van der Waals surface area contributed by atoms with Crippen LogP contribution in [0.2, 0.25) is 0 Å². The Kier molecular flexibility index (Phi) is 6.81. The summed E-state index contributed by atoms with van der Waals surface area (Å²) in [5, 5.41) is 11.3. The number of hydrogen-bond acceptors (Lipinski definition) is 5. The van der Waals surface area contributed by atoms with Crippen molar-refractivity contribution < 1.29 is 19.4 Å². The summed E-state index contributed by atoms with van der Waals surface area (Å²) in [5.74, 6) is -0.349. The molecular weight excluding hydrogens is 464 g/mol. The lowest BCUT2D eigenvalue weighted by Crippen LogP contribution is -2.29. The summed E-state index contributed by atoms with van der Waals surface area (Å²) in [4.78, 5) is 32.2. The van der Waals surface area contributed by atoms with Crippen LogP contribution in [0.4, 0.5) is 0 Å². The molecule has 1 unspecified atom stereocenters. The second-order valence-electron chi connectivity index (χ2n) is 8.82. The van der Waals surface area contributed by atoms with Crippen molar-refractivity contribution in [2.24, 2.45) is 0 Å². The number of benzene rings is 3. The highest BCUT2D eigenvalue weighted by atomic mass is 16.5. The van der Waals surface area contributed by atoms with Gasteiger partial charge in [0.1, 0.15) is 17.3 Å². The summed E-state index contributed by atoms with van der Waals surface area (Å²) in [7, 11) is 0. The fourth-order valence-corrected chi connectivity index (χ4v) is 4.50. The number of hydrogen-bond donors (Lipinski definition) is 1. The molecule has 6 nitrogen and oxygen atoms in total. The average molecular weight is 491 g/mol. The van der Waals surface area contributed by atoms with Gasteiger partial charge in [0.15, 0.2) is 0 Å². The van der Waals surface area contributed by atoms with Crippen LogP contribution in [0, 0.1) is 0 Å². The van der Waals surface area contributed by atoms with E-state index in [2.05, 4.69) is 4.98 Å². The SMILES string of the molecule is CCc1ccc(/C(O)=C2/C(=O)C(=O)N(Cc3ccncc3)C2c2cccc(Oc3ccccc3)c2)cc1. The maximum Gasteiger partial charge on any atom is 0.295 e. The molecule has 1 N–H and O–H groups in total. The molecule has 1 aromatic heterocycles. The lowest BCUT2D eigenvalue weighted by molar-refractivity contribution is -0.140. The molecule has 6 heteroatoms. The number of aryl methyl sites for hydroxylation is 1. The Balaban J connectivity index is 1.60. The number of carbonyl (C=O) groups excluding carboxylic acids is 2. The summed E-state index contributed by atoms with van der Waals surface area (Å²) in [6.45, 7) is 2.23. The predicted octanol–water partition coefficient (Wildman–Crippen LogP) is 6.06. The second-order valence-corrected chi connectivity index (χ2v) is 8.82. The molecule has 37 heavy (non-hydrogen) atoms. The van der Waals surface area contributed by atoms with E-state index in [4.69, 9.17) is 4.74 Å². The Morgan fingerprint density at radius 3 is 2.27 bits per heavy atom. The zero-order valence-corrected chi connectivity index (χ0v) is 20.4. The summed E-state index contributed by atoms with van der Waals surface area (Å²) in [6, 6.07) is 26.8. The van der Waals surface area contributed by atoms with Gasteiger partial charge in [0.2, 0.25) is 0 Å². The fourth-order valence-electron chi connectivity index (χ4n) is 4.50. The summed E-state index contributed by atoms with van der Waals surface area (Å²) >= 11 is 0. The number of carbonyl (C=O) groups is 2. The molecule has 1 saturated heterocycles. The van der Waals surface area contributed by atoms with Gasteiger partial charge >= 0.3 is 0 Å². The molecule has 0 saturated carbocycles. The minimum atomic E-state index is -0.793. The Morgan fingerprint density at radius 1 is 0.865 bits per heavy atom. The van der Waals surface area contributed by atoms with Crippen molar-refractivity contribution in [1.29, 1.82) is 0 Å². The van der Waals surface area contributed by atoms with E-state index in [1.165, 1.54) is 4.90 Å². The van der Waals surface area contributed by atoms with Gasteiger partial charge in [-0.1, -0.05) is 61.5 Å². The van der Waals surface area contributed by atoms with Crippen LogP contribution in [0.3, 0.4) is 0 Å². The van der Waals surface area contributed by atoms with Crippen LogP contribution in [0.15, 0.2) is 109 Å². The Labute approximate surface area is 215 Å². The molecule has 1 aliphatic rings. The maximum atomic E-state index is 13.4.